The maximum Gasteiger partial charge on any atom is 0.251 e. The van der Waals surface area contributed by atoms with Crippen LogP contribution in [0.3, 0.4) is 0 Å². The molecule has 1 aliphatic rings. The van der Waals surface area contributed by atoms with Crippen molar-refractivity contribution in [2.45, 2.75) is 31.7 Å². The molecule has 0 spiro atoms. The minimum absolute atomic E-state index is 0.0911. The van der Waals surface area contributed by atoms with Gasteiger partial charge in [0.1, 0.15) is 5.52 Å². The molecule has 6 nitrogen and oxygen atoms in total. The first kappa shape index (κ1) is 16.1. The number of amides is 1. The molecule has 1 aliphatic carbocycles. The highest BCUT2D eigenvalue weighted by atomic mass is 16.3. The summed E-state index contributed by atoms with van der Waals surface area (Å²) in [7, 11) is 0. The summed E-state index contributed by atoms with van der Waals surface area (Å²) in [6.07, 6.45) is 4.97. The van der Waals surface area contributed by atoms with Gasteiger partial charge in [-0.25, -0.2) is 4.98 Å². The van der Waals surface area contributed by atoms with Crippen LogP contribution >= 0.6 is 0 Å². The van der Waals surface area contributed by atoms with Crippen molar-refractivity contribution in [3.63, 3.8) is 0 Å². The van der Waals surface area contributed by atoms with Gasteiger partial charge in [-0.2, -0.15) is 5.10 Å². The van der Waals surface area contributed by atoms with Gasteiger partial charge in [0.25, 0.3) is 5.91 Å². The van der Waals surface area contributed by atoms with Crippen molar-refractivity contribution in [1.82, 2.24) is 20.1 Å². The summed E-state index contributed by atoms with van der Waals surface area (Å²) in [5, 5.41) is 8.52. The van der Waals surface area contributed by atoms with Crippen LogP contribution in [0.5, 0.6) is 0 Å². The van der Waals surface area contributed by atoms with Crippen molar-refractivity contribution in [1.29, 1.82) is 0 Å². The third-order valence-corrected chi connectivity index (χ3v) is 4.98. The number of carbonyl (C=O) groups excluding carboxylic acids is 1. The van der Waals surface area contributed by atoms with Crippen LogP contribution in [0.1, 0.15) is 41.4 Å². The van der Waals surface area contributed by atoms with E-state index in [4.69, 9.17) is 4.42 Å². The van der Waals surface area contributed by atoms with E-state index in [2.05, 4.69) is 27.5 Å². The monoisotopic (exact) mass is 360 g/mol. The van der Waals surface area contributed by atoms with E-state index in [9.17, 15) is 4.79 Å². The SMILES string of the molecule is O=C(NCCCn1ncc2ccccc21)c1ccc2nc(C3CC3)oc2c1. The van der Waals surface area contributed by atoms with Crippen LogP contribution in [0.4, 0.5) is 0 Å². The maximum absolute atomic E-state index is 12.4. The van der Waals surface area contributed by atoms with Crippen LogP contribution in [-0.2, 0) is 6.54 Å². The molecule has 1 amide bonds. The topological polar surface area (TPSA) is 73.0 Å². The van der Waals surface area contributed by atoms with E-state index in [-0.39, 0.29) is 5.91 Å². The largest absolute Gasteiger partial charge is 0.440 e. The smallest absolute Gasteiger partial charge is 0.251 e. The molecule has 0 unspecified atom stereocenters. The quantitative estimate of drug-likeness (QED) is 0.530. The Morgan fingerprint density at radius 3 is 3.00 bits per heavy atom. The van der Waals surface area contributed by atoms with Gasteiger partial charge < -0.3 is 9.73 Å². The van der Waals surface area contributed by atoms with Crippen LogP contribution in [0.2, 0.25) is 0 Å². The molecule has 2 heterocycles. The van der Waals surface area contributed by atoms with Crippen LogP contribution in [-0.4, -0.2) is 27.2 Å². The van der Waals surface area contributed by atoms with Gasteiger partial charge in [-0.05, 0) is 43.5 Å². The molecule has 2 aromatic heterocycles. The minimum Gasteiger partial charge on any atom is -0.440 e. The van der Waals surface area contributed by atoms with Crippen LogP contribution < -0.4 is 5.32 Å². The van der Waals surface area contributed by atoms with Crippen LogP contribution in [0.15, 0.2) is 53.1 Å². The highest BCUT2D eigenvalue weighted by Gasteiger charge is 2.29. The van der Waals surface area contributed by atoms with E-state index in [1.54, 1.807) is 12.1 Å². The molecule has 0 bridgehead atoms. The molecule has 0 atom stereocenters. The standard InChI is InChI=1S/C21H20N4O2/c26-20(15-8-9-17-19(12-15)27-21(24-17)14-6-7-14)22-10-3-11-25-18-5-2-1-4-16(18)13-23-25/h1-2,4-5,8-9,12-14H,3,6-7,10-11H2,(H,22,26). The molecular weight excluding hydrogens is 340 g/mol. The predicted octanol–water partition coefficient (Wildman–Crippen LogP) is 3.88. The number of aryl methyl sites for hydroxylation is 1. The molecule has 136 valence electrons. The van der Waals surface area contributed by atoms with Gasteiger partial charge in [-0.3, -0.25) is 9.48 Å². The fourth-order valence-electron chi connectivity index (χ4n) is 3.33. The van der Waals surface area contributed by atoms with Crippen molar-refractivity contribution in [3.8, 4) is 0 Å². The lowest BCUT2D eigenvalue weighted by molar-refractivity contribution is 0.0952. The third-order valence-electron chi connectivity index (χ3n) is 4.98. The Kier molecular flexibility index (Phi) is 3.89. The maximum atomic E-state index is 12.4. The molecule has 5 rings (SSSR count). The number of para-hydroxylation sites is 1. The van der Waals surface area contributed by atoms with Crippen molar-refractivity contribution < 1.29 is 9.21 Å². The molecule has 27 heavy (non-hydrogen) atoms. The second-order valence-corrected chi connectivity index (χ2v) is 7.04. The lowest BCUT2D eigenvalue weighted by atomic mass is 10.2. The van der Waals surface area contributed by atoms with Gasteiger partial charge in [0, 0.05) is 30.0 Å². The number of carbonyl (C=O) groups is 1. The average Bonchev–Trinajstić information content (AvgIpc) is 3.33. The molecule has 6 heteroatoms. The zero-order valence-electron chi connectivity index (χ0n) is 14.9. The van der Waals surface area contributed by atoms with E-state index in [1.165, 1.54) is 0 Å². The highest BCUT2D eigenvalue weighted by molar-refractivity contribution is 5.97. The number of fused-ring (bicyclic) bond motifs is 2. The highest BCUT2D eigenvalue weighted by Crippen LogP contribution is 2.40. The lowest BCUT2D eigenvalue weighted by Gasteiger charge is -2.06. The third kappa shape index (κ3) is 3.18. The zero-order valence-corrected chi connectivity index (χ0v) is 14.9. The number of hydrogen-bond donors (Lipinski definition) is 1. The Bertz CT molecular complexity index is 1120. The summed E-state index contributed by atoms with van der Waals surface area (Å²) in [4.78, 5) is 16.9. The van der Waals surface area contributed by atoms with Crippen molar-refractivity contribution in [3.05, 3.63) is 60.1 Å². The van der Waals surface area contributed by atoms with Crippen LogP contribution in [0.25, 0.3) is 22.0 Å². The van der Waals surface area contributed by atoms with Crippen molar-refractivity contribution in [2.75, 3.05) is 6.54 Å². The molecule has 2 aromatic carbocycles. The number of rotatable bonds is 6. The van der Waals surface area contributed by atoms with Gasteiger partial charge in [-0.15, -0.1) is 0 Å². The Morgan fingerprint density at radius 2 is 2.11 bits per heavy atom. The number of benzene rings is 2. The summed E-state index contributed by atoms with van der Waals surface area (Å²) in [5.74, 6) is 1.17. The summed E-state index contributed by atoms with van der Waals surface area (Å²) in [6.45, 7) is 1.36. The van der Waals surface area contributed by atoms with E-state index >= 15 is 0 Å². The molecule has 0 saturated heterocycles. The Labute approximate surface area is 156 Å². The van der Waals surface area contributed by atoms with Crippen LogP contribution in [0, 0.1) is 0 Å². The molecule has 1 saturated carbocycles. The minimum atomic E-state index is -0.0911. The summed E-state index contributed by atoms with van der Waals surface area (Å²) in [5.41, 5.74) is 3.23. The summed E-state index contributed by atoms with van der Waals surface area (Å²) in [6, 6.07) is 13.6. The Morgan fingerprint density at radius 1 is 1.22 bits per heavy atom. The van der Waals surface area contributed by atoms with E-state index in [0.717, 1.165) is 48.1 Å². The second-order valence-electron chi connectivity index (χ2n) is 7.04. The van der Waals surface area contributed by atoms with E-state index in [0.29, 0.717) is 23.6 Å². The number of nitrogens with zero attached hydrogens (tertiary/aromatic N) is 3. The first-order valence-corrected chi connectivity index (χ1v) is 9.37. The van der Waals surface area contributed by atoms with Gasteiger partial charge >= 0.3 is 0 Å². The fraction of sp³-hybridized carbons (Fsp3) is 0.286. The van der Waals surface area contributed by atoms with Crippen molar-refractivity contribution >= 4 is 27.9 Å². The van der Waals surface area contributed by atoms with Gasteiger partial charge in [-0.1, -0.05) is 18.2 Å². The van der Waals surface area contributed by atoms with Gasteiger partial charge in [0.2, 0.25) is 0 Å². The molecule has 4 aromatic rings. The van der Waals surface area contributed by atoms with E-state index < -0.39 is 0 Å². The normalized spacial score (nSPS) is 14.1. The Balaban J connectivity index is 1.19. The second kappa shape index (κ2) is 6.54. The number of hydrogen-bond acceptors (Lipinski definition) is 4. The average molecular weight is 360 g/mol. The molecule has 1 fully saturated rings. The number of nitrogens with one attached hydrogen (secondary N) is 1. The molecular formula is C21H20N4O2. The summed E-state index contributed by atoms with van der Waals surface area (Å²) >= 11 is 0. The molecule has 0 aliphatic heterocycles. The van der Waals surface area contributed by atoms with Gasteiger partial charge in [0.15, 0.2) is 11.5 Å². The lowest BCUT2D eigenvalue weighted by Crippen LogP contribution is -2.25. The van der Waals surface area contributed by atoms with Crippen molar-refractivity contribution in [2.24, 2.45) is 0 Å². The van der Waals surface area contributed by atoms with Gasteiger partial charge in [0.05, 0.1) is 11.7 Å². The number of aromatic nitrogens is 3. The first-order chi connectivity index (χ1) is 13.3. The fourth-order valence-corrected chi connectivity index (χ4v) is 3.33. The van der Waals surface area contributed by atoms with E-state index in [1.807, 2.05) is 29.1 Å². The zero-order chi connectivity index (χ0) is 18.2. The first-order valence-electron chi connectivity index (χ1n) is 9.37. The molecule has 0 radical (unpaired) electrons. The number of oxazole rings is 1. The predicted molar refractivity (Wildman–Crippen MR) is 103 cm³/mol. The summed E-state index contributed by atoms with van der Waals surface area (Å²) < 4.78 is 7.77. The Hall–Kier alpha value is -3.15. The molecule has 1 N–H and O–H groups in total.